The number of aromatic hydroxyl groups is 1. The number of hydrogen-bond acceptors (Lipinski definition) is 3. The maximum absolute atomic E-state index is 10.1. The molecule has 0 aliphatic heterocycles. The number of benzene rings is 3. The van der Waals surface area contributed by atoms with E-state index in [9.17, 15) is 5.11 Å². The summed E-state index contributed by atoms with van der Waals surface area (Å²) in [6.45, 7) is 1.98. The van der Waals surface area contributed by atoms with E-state index in [1.807, 2.05) is 66.2 Å². The van der Waals surface area contributed by atoms with Crippen molar-refractivity contribution in [1.29, 1.82) is 0 Å². The van der Waals surface area contributed by atoms with Gasteiger partial charge in [0.15, 0.2) is 0 Å². The van der Waals surface area contributed by atoms with Gasteiger partial charge in [0.25, 0.3) is 0 Å². The molecule has 4 aromatic rings. The average Bonchev–Trinajstić information content (AvgIpc) is 3.03. The molecule has 0 saturated carbocycles. The van der Waals surface area contributed by atoms with E-state index in [1.54, 1.807) is 12.1 Å². The summed E-state index contributed by atoms with van der Waals surface area (Å²) in [5.74, 6) is 0.0772. The summed E-state index contributed by atoms with van der Waals surface area (Å²) in [5.41, 5.74) is 11.9. The number of phenolic OH excluding ortho intramolecular Hbond substituents is 1. The molecule has 4 heteroatoms. The number of rotatable bonds is 3. The molecule has 0 atom stereocenters. The van der Waals surface area contributed by atoms with Crippen molar-refractivity contribution in [2.75, 3.05) is 5.73 Å². The number of aromatic nitrogens is 2. The second-order valence-corrected chi connectivity index (χ2v) is 6.20. The first-order chi connectivity index (χ1) is 12.6. The topological polar surface area (TPSA) is 64.1 Å². The predicted octanol–water partition coefficient (Wildman–Crippen LogP) is 4.80. The zero-order valence-corrected chi connectivity index (χ0v) is 14.4. The minimum absolute atomic E-state index is 0.0772. The van der Waals surface area contributed by atoms with E-state index in [2.05, 4.69) is 12.1 Å². The third kappa shape index (κ3) is 2.71. The Kier molecular flexibility index (Phi) is 3.93. The summed E-state index contributed by atoms with van der Waals surface area (Å²) >= 11 is 0. The minimum Gasteiger partial charge on any atom is -0.506 e. The highest BCUT2D eigenvalue weighted by atomic mass is 16.3. The molecule has 4 rings (SSSR count). The second kappa shape index (κ2) is 6.41. The molecule has 0 unspecified atom stereocenters. The Hall–Kier alpha value is -3.53. The monoisotopic (exact) mass is 341 g/mol. The Labute approximate surface area is 152 Å². The molecule has 0 aliphatic carbocycles. The SMILES string of the molecule is Cc1nn(-c2ccccc2)c(-c2ccccc2)c1-c1ccc(N)c(O)c1. The van der Waals surface area contributed by atoms with Gasteiger partial charge in [-0.3, -0.25) is 0 Å². The summed E-state index contributed by atoms with van der Waals surface area (Å²) in [6.07, 6.45) is 0. The maximum atomic E-state index is 10.1. The lowest BCUT2D eigenvalue weighted by Crippen LogP contribution is -1.99. The van der Waals surface area contributed by atoms with Crippen molar-refractivity contribution in [2.24, 2.45) is 0 Å². The maximum Gasteiger partial charge on any atom is 0.139 e. The van der Waals surface area contributed by atoms with Crippen LogP contribution in [0.4, 0.5) is 5.69 Å². The van der Waals surface area contributed by atoms with Gasteiger partial charge in [0.2, 0.25) is 0 Å². The van der Waals surface area contributed by atoms with Crippen molar-refractivity contribution in [1.82, 2.24) is 9.78 Å². The van der Waals surface area contributed by atoms with Crippen LogP contribution in [0.1, 0.15) is 5.69 Å². The molecule has 1 heterocycles. The standard InChI is InChI=1S/C22H19N3O/c1-15-21(17-12-13-19(23)20(26)14-17)22(16-8-4-2-5-9-16)25(24-15)18-10-6-3-7-11-18/h2-14,26H,23H2,1H3. The van der Waals surface area contributed by atoms with Crippen molar-refractivity contribution in [3.63, 3.8) is 0 Å². The zero-order valence-electron chi connectivity index (χ0n) is 14.4. The van der Waals surface area contributed by atoms with Crippen LogP contribution < -0.4 is 5.73 Å². The van der Waals surface area contributed by atoms with Crippen molar-refractivity contribution in [2.45, 2.75) is 6.92 Å². The van der Waals surface area contributed by atoms with Crippen LogP contribution in [-0.2, 0) is 0 Å². The third-order valence-electron chi connectivity index (χ3n) is 4.43. The van der Waals surface area contributed by atoms with E-state index in [0.29, 0.717) is 5.69 Å². The van der Waals surface area contributed by atoms with E-state index in [0.717, 1.165) is 33.8 Å². The normalized spacial score (nSPS) is 10.8. The molecular weight excluding hydrogens is 322 g/mol. The van der Waals surface area contributed by atoms with Gasteiger partial charge in [-0.15, -0.1) is 0 Å². The fourth-order valence-corrected chi connectivity index (χ4v) is 3.19. The van der Waals surface area contributed by atoms with Crippen LogP contribution in [0.15, 0.2) is 78.9 Å². The summed E-state index contributed by atoms with van der Waals surface area (Å²) in [5, 5.41) is 14.9. The van der Waals surface area contributed by atoms with Crippen LogP contribution in [0.25, 0.3) is 28.1 Å². The molecule has 1 aromatic heterocycles. The lowest BCUT2D eigenvalue weighted by atomic mass is 9.98. The largest absolute Gasteiger partial charge is 0.506 e. The Morgan fingerprint density at radius 1 is 0.846 bits per heavy atom. The minimum atomic E-state index is 0.0772. The average molecular weight is 341 g/mol. The van der Waals surface area contributed by atoms with Gasteiger partial charge in [0.05, 0.1) is 22.8 Å². The lowest BCUT2D eigenvalue weighted by molar-refractivity contribution is 0.478. The summed E-state index contributed by atoms with van der Waals surface area (Å²) in [6, 6.07) is 25.5. The summed E-state index contributed by atoms with van der Waals surface area (Å²) in [7, 11) is 0. The van der Waals surface area contributed by atoms with E-state index in [1.165, 1.54) is 0 Å². The number of nitrogens with zero attached hydrogens (tertiary/aromatic N) is 2. The van der Waals surface area contributed by atoms with Gasteiger partial charge in [0.1, 0.15) is 5.75 Å². The van der Waals surface area contributed by atoms with Crippen LogP contribution in [-0.4, -0.2) is 14.9 Å². The predicted molar refractivity (Wildman–Crippen MR) is 105 cm³/mol. The van der Waals surface area contributed by atoms with E-state index < -0.39 is 0 Å². The van der Waals surface area contributed by atoms with Gasteiger partial charge in [-0.05, 0) is 36.8 Å². The van der Waals surface area contributed by atoms with Crippen LogP contribution >= 0.6 is 0 Å². The van der Waals surface area contributed by atoms with E-state index in [4.69, 9.17) is 10.8 Å². The van der Waals surface area contributed by atoms with Gasteiger partial charge >= 0.3 is 0 Å². The molecule has 0 fully saturated rings. The number of nitrogen functional groups attached to an aromatic ring is 1. The lowest BCUT2D eigenvalue weighted by Gasteiger charge is -2.11. The first kappa shape index (κ1) is 16.0. The van der Waals surface area contributed by atoms with Crippen molar-refractivity contribution in [3.05, 3.63) is 84.6 Å². The Bertz CT molecular complexity index is 1050. The number of para-hydroxylation sites is 1. The molecule has 0 aliphatic rings. The fourth-order valence-electron chi connectivity index (χ4n) is 3.19. The number of hydrogen-bond donors (Lipinski definition) is 2. The Balaban J connectivity index is 2.03. The fraction of sp³-hybridized carbons (Fsp3) is 0.0455. The van der Waals surface area contributed by atoms with Gasteiger partial charge < -0.3 is 10.8 Å². The molecule has 4 nitrogen and oxygen atoms in total. The van der Waals surface area contributed by atoms with Crippen LogP contribution in [0.2, 0.25) is 0 Å². The molecule has 0 bridgehead atoms. The number of phenols is 1. The quantitative estimate of drug-likeness (QED) is 0.415. The summed E-state index contributed by atoms with van der Waals surface area (Å²) < 4.78 is 1.95. The number of aryl methyl sites for hydroxylation is 1. The highest BCUT2D eigenvalue weighted by Gasteiger charge is 2.20. The molecule has 0 amide bonds. The van der Waals surface area contributed by atoms with Gasteiger partial charge in [0, 0.05) is 11.1 Å². The van der Waals surface area contributed by atoms with E-state index >= 15 is 0 Å². The molecule has 128 valence electrons. The van der Waals surface area contributed by atoms with Crippen molar-refractivity contribution in [3.8, 4) is 33.8 Å². The molecular formula is C22H19N3O. The van der Waals surface area contributed by atoms with Gasteiger partial charge in [-0.1, -0.05) is 54.6 Å². The first-order valence-corrected chi connectivity index (χ1v) is 8.44. The molecule has 0 saturated heterocycles. The van der Waals surface area contributed by atoms with E-state index in [-0.39, 0.29) is 5.75 Å². The summed E-state index contributed by atoms with van der Waals surface area (Å²) in [4.78, 5) is 0. The highest BCUT2D eigenvalue weighted by Crippen LogP contribution is 2.38. The molecule has 3 N–H and O–H groups in total. The molecule has 0 spiro atoms. The third-order valence-corrected chi connectivity index (χ3v) is 4.43. The number of nitrogens with two attached hydrogens (primary N) is 1. The van der Waals surface area contributed by atoms with Gasteiger partial charge in [-0.2, -0.15) is 5.10 Å². The van der Waals surface area contributed by atoms with Gasteiger partial charge in [-0.25, -0.2) is 4.68 Å². The highest BCUT2D eigenvalue weighted by molar-refractivity contribution is 5.85. The van der Waals surface area contributed by atoms with Crippen LogP contribution in [0, 0.1) is 6.92 Å². The molecule has 3 aromatic carbocycles. The van der Waals surface area contributed by atoms with Crippen LogP contribution in [0.3, 0.4) is 0 Å². The molecule has 0 radical (unpaired) electrons. The Morgan fingerprint density at radius 3 is 2.15 bits per heavy atom. The van der Waals surface area contributed by atoms with Crippen molar-refractivity contribution >= 4 is 5.69 Å². The molecule has 26 heavy (non-hydrogen) atoms. The van der Waals surface area contributed by atoms with Crippen LogP contribution in [0.5, 0.6) is 5.75 Å². The first-order valence-electron chi connectivity index (χ1n) is 8.44. The smallest absolute Gasteiger partial charge is 0.139 e. The zero-order chi connectivity index (χ0) is 18.1. The van der Waals surface area contributed by atoms with Crippen molar-refractivity contribution < 1.29 is 5.11 Å². The Morgan fingerprint density at radius 2 is 1.50 bits per heavy atom. The second-order valence-electron chi connectivity index (χ2n) is 6.20. The number of anilines is 1.